The summed E-state index contributed by atoms with van der Waals surface area (Å²) in [5.41, 5.74) is 9.86. The standard InChI is InChI=1S/C20H22N6O2/c1-10-3-4-14-13(9-10)11(2)18(28-14)17-15-16(20(27)24-23-19(15)21)25-26(17)12-5-7-22-8-6-12/h3-4,9,12,22H,5-8H2,1-2H3,(H2,21,23)(H,24,27). The molecule has 0 spiro atoms. The highest BCUT2D eigenvalue weighted by Gasteiger charge is 2.28. The summed E-state index contributed by atoms with van der Waals surface area (Å²) in [5, 5.41) is 16.1. The number of aryl methyl sites for hydroxylation is 2. The van der Waals surface area contributed by atoms with E-state index in [1.54, 1.807) is 0 Å². The fourth-order valence-electron chi connectivity index (χ4n) is 4.15. The third-order valence-corrected chi connectivity index (χ3v) is 5.62. The van der Waals surface area contributed by atoms with E-state index in [4.69, 9.17) is 10.2 Å². The van der Waals surface area contributed by atoms with Gasteiger partial charge in [0.25, 0.3) is 5.56 Å². The number of nitrogens with zero attached hydrogens (tertiary/aromatic N) is 3. The normalized spacial score (nSPS) is 15.6. The topological polar surface area (TPSA) is 115 Å². The molecule has 1 saturated heterocycles. The molecule has 0 aliphatic carbocycles. The van der Waals surface area contributed by atoms with Crippen molar-refractivity contribution in [1.82, 2.24) is 25.3 Å². The lowest BCUT2D eigenvalue weighted by atomic mass is 10.0. The summed E-state index contributed by atoms with van der Waals surface area (Å²) in [6.45, 7) is 5.90. The van der Waals surface area contributed by atoms with Crippen LogP contribution in [0.25, 0.3) is 33.3 Å². The molecule has 4 N–H and O–H groups in total. The molecule has 1 aliphatic heterocycles. The van der Waals surface area contributed by atoms with E-state index in [0.717, 1.165) is 53.7 Å². The smallest absolute Gasteiger partial charge is 0.292 e. The number of nitrogens with one attached hydrogen (secondary N) is 2. The molecule has 1 fully saturated rings. The third kappa shape index (κ3) is 2.45. The summed E-state index contributed by atoms with van der Waals surface area (Å²) in [7, 11) is 0. The second-order valence-corrected chi connectivity index (χ2v) is 7.49. The molecule has 8 heteroatoms. The number of piperidine rings is 1. The largest absolute Gasteiger partial charge is 0.454 e. The Hall–Kier alpha value is -3.13. The lowest BCUT2D eigenvalue weighted by molar-refractivity contribution is 0.346. The lowest BCUT2D eigenvalue weighted by Gasteiger charge is -2.24. The molecule has 0 bridgehead atoms. The third-order valence-electron chi connectivity index (χ3n) is 5.62. The van der Waals surface area contributed by atoms with Crippen molar-refractivity contribution in [2.45, 2.75) is 32.7 Å². The summed E-state index contributed by atoms with van der Waals surface area (Å²) < 4.78 is 8.19. The molecule has 5 rings (SSSR count). The average molecular weight is 378 g/mol. The van der Waals surface area contributed by atoms with Gasteiger partial charge in [-0.05, 0) is 51.9 Å². The summed E-state index contributed by atoms with van der Waals surface area (Å²) in [4.78, 5) is 12.4. The van der Waals surface area contributed by atoms with Gasteiger partial charge in [0.05, 0.1) is 11.4 Å². The first-order chi connectivity index (χ1) is 13.5. The molecule has 1 aromatic carbocycles. The number of nitrogen functional groups attached to an aromatic ring is 1. The van der Waals surface area contributed by atoms with Crippen LogP contribution < -0.4 is 16.6 Å². The van der Waals surface area contributed by atoms with Crippen molar-refractivity contribution in [3.8, 4) is 11.5 Å². The number of benzene rings is 1. The SMILES string of the molecule is Cc1ccc2oc(-c3c4c(N)n[nH]c(=O)c4nn3C3CCNCC3)c(C)c2c1. The number of fused-ring (bicyclic) bond motifs is 2. The van der Waals surface area contributed by atoms with Crippen LogP contribution in [0.1, 0.15) is 30.0 Å². The number of aromatic nitrogens is 4. The molecule has 4 heterocycles. The van der Waals surface area contributed by atoms with Gasteiger partial charge in [-0.1, -0.05) is 11.6 Å². The van der Waals surface area contributed by atoms with Crippen molar-refractivity contribution in [1.29, 1.82) is 0 Å². The molecular formula is C20H22N6O2. The van der Waals surface area contributed by atoms with Gasteiger partial charge in [-0.3, -0.25) is 9.48 Å². The van der Waals surface area contributed by atoms with Crippen LogP contribution in [0, 0.1) is 13.8 Å². The van der Waals surface area contributed by atoms with Gasteiger partial charge in [0.1, 0.15) is 11.3 Å². The number of hydrogen-bond donors (Lipinski definition) is 3. The molecule has 144 valence electrons. The Morgan fingerprint density at radius 2 is 2.04 bits per heavy atom. The van der Waals surface area contributed by atoms with Crippen LogP contribution in [0.5, 0.6) is 0 Å². The predicted octanol–water partition coefficient (Wildman–Crippen LogP) is 2.66. The molecule has 28 heavy (non-hydrogen) atoms. The van der Waals surface area contributed by atoms with Gasteiger partial charge >= 0.3 is 0 Å². The van der Waals surface area contributed by atoms with E-state index in [9.17, 15) is 4.79 Å². The summed E-state index contributed by atoms with van der Waals surface area (Å²) >= 11 is 0. The number of rotatable bonds is 2. The molecule has 0 amide bonds. The van der Waals surface area contributed by atoms with Crippen LogP contribution in [-0.4, -0.2) is 33.1 Å². The first-order valence-electron chi connectivity index (χ1n) is 9.52. The van der Waals surface area contributed by atoms with Gasteiger partial charge in [-0.25, -0.2) is 5.10 Å². The van der Waals surface area contributed by atoms with E-state index in [0.29, 0.717) is 16.7 Å². The number of aromatic amines is 1. The molecule has 0 unspecified atom stereocenters. The van der Waals surface area contributed by atoms with E-state index in [1.807, 2.05) is 23.7 Å². The maximum atomic E-state index is 12.4. The van der Waals surface area contributed by atoms with Crippen LogP contribution in [0.4, 0.5) is 5.82 Å². The van der Waals surface area contributed by atoms with Crippen LogP contribution in [-0.2, 0) is 0 Å². The van der Waals surface area contributed by atoms with Gasteiger partial charge in [-0.2, -0.15) is 10.2 Å². The first-order valence-corrected chi connectivity index (χ1v) is 9.52. The molecule has 0 atom stereocenters. The molecule has 4 aromatic rings. The van der Waals surface area contributed by atoms with Crippen molar-refractivity contribution in [3.05, 3.63) is 39.7 Å². The Bertz CT molecular complexity index is 1260. The second-order valence-electron chi connectivity index (χ2n) is 7.49. The zero-order chi connectivity index (χ0) is 19.4. The molecule has 0 radical (unpaired) electrons. The average Bonchev–Trinajstić information content (AvgIpc) is 3.25. The van der Waals surface area contributed by atoms with Crippen LogP contribution in [0.2, 0.25) is 0 Å². The van der Waals surface area contributed by atoms with Crippen molar-refractivity contribution in [2.24, 2.45) is 0 Å². The maximum absolute atomic E-state index is 12.4. The zero-order valence-corrected chi connectivity index (χ0v) is 15.9. The quantitative estimate of drug-likeness (QED) is 0.494. The highest BCUT2D eigenvalue weighted by atomic mass is 16.3. The highest BCUT2D eigenvalue weighted by Crippen LogP contribution is 2.40. The van der Waals surface area contributed by atoms with Crippen LogP contribution in [0.3, 0.4) is 0 Å². The minimum atomic E-state index is -0.345. The zero-order valence-electron chi connectivity index (χ0n) is 15.9. The van der Waals surface area contributed by atoms with Crippen molar-refractivity contribution in [2.75, 3.05) is 18.8 Å². The fourth-order valence-corrected chi connectivity index (χ4v) is 4.15. The Kier molecular flexibility index (Phi) is 3.77. The van der Waals surface area contributed by atoms with Crippen LogP contribution >= 0.6 is 0 Å². The van der Waals surface area contributed by atoms with Gasteiger partial charge in [0.2, 0.25) is 0 Å². The number of anilines is 1. The summed E-state index contributed by atoms with van der Waals surface area (Å²) in [6, 6.07) is 6.28. The number of hydrogen-bond acceptors (Lipinski definition) is 6. The fraction of sp³-hybridized carbons (Fsp3) is 0.350. The lowest BCUT2D eigenvalue weighted by Crippen LogP contribution is -2.30. The molecule has 1 aliphatic rings. The Morgan fingerprint density at radius 3 is 2.82 bits per heavy atom. The molecule has 3 aromatic heterocycles. The van der Waals surface area contributed by atoms with Gasteiger partial charge in [-0.15, -0.1) is 0 Å². The van der Waals surface area contributed by atoms with Gasteiger partial charge in [0.15, 0.2) is 17.1 Å². The number of furan rings is 1. The Balaban J connectivity index is 1.86. The minimum Gasteiger partial charge on any atom is -0.454 e. The second kappa shape index (κ2) is 6.20. The Labute approximate surface area is 160 Å². The summed E-state index contributed by atoms with van der Waals surface area (Å²) in [6.07, 6.45) is 1.84. The van der Waals surface area contributed by atoms with E-state index in [1.165, 1.54) is 0 Å². The van der Waals surface area contributed by atoms with E-state index in [2.05, 4.69) is 33.6 Å². The van der Waals surface area contributed by atoms with Crippen LogP contribution in [0.15, 0.2) is 27.4 Å². The first kappa shape index (κ1) is 17.0. The van der Waals surface area contributed by atoms with E-state index in [-0.39, 0.29) is 17.4 Å². The van der Waals surface area contributed by atoms with Crippen molar-refractivity contribution >= 4 is 27.7 Å². The van der Waals surface area contributed by atoms with Gasteiger partial charge in [0, 0.05) is 10.9 Å². The number of nitrogens with two attached hydrogens (primary N) is 1. The maximum Gasteiger partial charge on any atom is 0.292 e. The van der Waals surface area contributed by atoms with Crippen molar-refractivity contribution in [3.63, 3.8) is 0 Å². The monoisotopic (exact) mass is 378 g/mol. The molecule has 0 saturated carbocycles. The highest BCUT2D eigenvalue weighted by molar-refractivity contribution is 6.01. The predicted molar refractivity (Wildman–Crippen MR) is 108 cm³/mol. The Morgan fingerprint density at radius 1 is 1.25 bits per heavy atom. The van der Waals surface area contributed by atoms with Crippen molar-refractivity contribution < 1.29 is 4.42 Å². The summed E-state index contributed by atoms with van der Waals surface area (Å²) in [5.74, 6) is 0.946. The van der Waals surface area contributed by atoms with E-state index >= 15 is 0 Å². The molecule has 8 nitrogen and oxygen atoms in total. The molecular weight excluding hydrogens is 356 g/mol. The number of H-pyrrole nitrogens is 1. The minimum absolute atomic E-state index is 0.164. The van der Waals surface area contributed by atoms with Gasteiger partial charge < -0.3 is 15.5 Å². The van der Waals surface area contributed by atoms with E-state index < -0.39 is 0 Å².